The molecule has 0 radical (unpaired) electrons. The zero-order chi connectivity index (χ0) is 16.7. The zero-order valence-electron chi connectivity index (χ0n) is 13.3. The molecule has 2 atom stereocenters. The Morgan fingerprint density at radius 1 is 1.27 bits per heavy atom. The van der Waals surface area contributed by atoms with Crippen molar-refractivity contribution in [3.05, 3.63) is 35.6 Å². The maximum absolute atomic E-state index is 13.1. The molecule has 0 aliphatic heterocycles. The summed E-state index contributed by atoms with van der Waals surface area (Å²) in [6.07, 6.45) is 1.52. The van der Waals surface area contributed by atoms with Gasteiger partial charge in [0.25, 0.3) is 0 Å². The minimum absolute atomic E-state index is 0.184. The first-order valence-corrected chi connectivity index (χ1v) is 7.57. The number of hydrogen-bond donors (Lipinski definition) is 2. The van der Waals surface area contributed by atoms with Crippen molar-refractivity contribution in [1.29, 1.82) is 0 Å². The zero-order valence-corrected chi connectivity index (χ0v) is 13.3. The van der Waals surface area contributed by atoms with Crippen molar-refractivity contribution in [3.8, 4) is 0 Å². The predicted molar refractivity (Wildman–Crippen MR) is 82.9 cm³/mol. The molecule has 0 saturated carbocycles. The van der Waals surface area contributed by atoms with E-state index in [1.807, 2.05) is 19.9 Å². The van der Waals surface area contributed by atoms with Crippen LogP contribution in [0.4, 0.5) is 4.39 Å². The molecule has 1 aromatic carbocycles. The lowest BCUT2D eigenvalue weighted by atomic mass is 9.98. The molecule has 22 heavy (non-hydrogen) atoms. The molecule has 2 N–H and O–H groups in total. The van der Waals surface area contributed by atoms with Gasteiger partial charge in [0.2, 0.25) is 5.91 Å². The smallest absolute Gasteiger partial charge is 0.326 e. The van der Waals surface area contributed by atoms with E-state index in [1.54, 1.807) is 13.0 Å². The van der Waals surface area contributed by atoms with Crippen LogP contribution >= 0.6 is 0 Å². The first-order chi connectivity index (χ1) is 10.3. The first-order valence-electron chi connectivity index (χ1n) is 7.57. The van der Waals surface area contributed by atoms with Crippen LogP contribution in [0, 0.1) is 17.7 Å². The van der Waals surface area contributed by atoms with Crippen LogP contribution in [-0.4, -0.2) is 23.0 Å². The average Bonchev–Trinajstić information content (AvgIpc) is 2.43. The Morgan fingerprint density at radius 3 is 2.50 bits per heavy atom. The van der Waals surface area contributed by atoms with Crippen molar-refractivity contribution in [1.82, 2.24) is 5.32 Å². The Balaban J connectivity index is 2.51. The van der Waals surface area contributed by atoms with Gasteiger partial charge in [0.1, 0.15) is 11.9 Å². The molecule has 0 aliphatic carbocycles. The normalized spacial score (nSPS) is 13.7. The summed E-state index contributed by atoms with van der Waals surface area (Å²) in [5.41, 5.74) is 0.830. The number of hydrogen-bond acceptors (Lipinski definition) is 2. The minimum Gasteiger partial charge on any atom is -0.480 e. The lowest BCUT2D eigenvalue weighted by Crippen LogP contribution is -2.43. The summed E-state index contributed by atoms with van der Waals surface area (Å²) in [6.45, 7) is 5.58. The van der Waals surface area contributed by atoms with Crippen molar-refractivity contribution < 1.29 is 19.1 Å². The van der Waals surface area contributed by atoms with Crippen molar-refractivity contribution in [2.75, 3.05) is 0 Å². The fourth-order valence-corrected chi connectivity index (χ4v) is 2.21. The molecule has 1 amide bonds. The van der Waals surface area contributed by atoms with Gasteiger partial charge in [-0.2, -0.15) is 0 Å². The predicted octanol–water partition coefficient (Wildman–Crippen LogP) is 3.01. The number of carbonyl (C=O) groups excluding carboxylic acids is 1. The van der Waals surface area contributed by atoms with Gasteiger partial charge in [0, 0.05) is 5.92 Å². The molecule has 5 heteroatoms. The van der Waals surface area contributed by atoms with Crippen LogP contribution < -0.4 is 5.32 Å². The van der Waals surface area contributed by atoms with Crippen LogP contribution in [0.5, 0.6) is 0 Å². The van der Waals surface area contributed by atoms with Gasteiger partial charge in [-0.15, -0.1) is 0 Å². The molecule has 0 saturated heterocycles. The minimum atomic E-state index is -1.01. The Bertz CT molecular complexity index is 516. The molecule has 0 bridgehead atoms. The molecule has 4 nitrogen and oxygen atoms in total. The van der Waals surface area contributed by atoms with Gasteiger partial charge in [0.05, 0.1) is 0 Å². The summed E-state index contributed by atoms with van der Waals surface area (Å²) in [5.74, 6) is -1.72. The SMILES string of the molecule is CC(C)CC(NC(=O)C(C)CCc1cccc(F)c1)C(=O)O. The third kappa shape index (κ3) is 6.24. The molecule has 0 aliphatic rings. The van der Waals surface area contributed by atoms with E-state index in [0.29, 0.717) is 19.3 Å². The third-order valence-electron chi connectivity index (χ3n) is 3.52. The van der Waals surface area contributed by atoms with Crippen LogP contribution in [0.25, 0.3) is 0 Å². The van der Waals surface area contributed by atoms with Gasteiger partial charge in [-0.1, -0.05) is 32.9 Å². The van der Waals surface area contributed by atoms with E-state index < -0.39 is 12.0 Å². The fraction of sp³-hybridized carbons (Fsp3) is 0.529. The topological polar surface area (TPSA) is 66.4 Å². The molecule has 1 rings (SSSR count). The molecule has 122 valence electrons. The number of amides is 1. The largest absolute Gasteiger partial charge is 0.480 e. The Labute approximate surface area is 130 Å². The third-order valence-corrected chi connectivity index (χ3v) is 3.52. The summed E-state index contributed by atoms with van der Waals surface area (Å²) in [4.78, 5) is 23.2. The highest BCUT2D eigenvalue weighted by molar-refractivity contribution is 5.84. The van der Waals surface area contributed by atoms with Crippen molar-refractivity contribution in [2.24, 2.45) is 11.8 Å². The number of carbonyl (C=O) groups is 2. The number of halogens is 1. The number of aliphatic carboxylic acids is 1. The summed E-state index contributed by atoms with van der Waals surface area (Å²) < 4.78 is 13.1. The van der Waals surface area contributed by atoms with Gasteiger partial charge in [-0.25, -0.2) is 9.18 Å². The van der Waals surface area contributed by atoms with Crippen molar-refractivity contribution >= 4 is 11.9 Å². The van der Waals surface area contributed by atoms with Gasteiger partial charge >= 0.3 is 5.97 Å². The molecular formula is C17H24FNO3. The van der Waals surface area contributed by atoms with Crippen molar-refractivity contribution in [3.63, 3.8) is 0 Å². The molecule has 0 fully saturated rings. The number of nitrogens with one attached hydrogen (secondary N) is 1. The average molecular weight is 309 g/mol. The van der Waals surface area contributed by atoms with Crippen LogP contribution in [-0.2, 0) is 16.0 Å². The lowest BCUT2D eigenvalue weighted by Gasteiger charge is -2.19. The molecular weight excluding hydrogens is 285 g/mol. The Morgan fingerprint density at radius 2 is 1.95 bits per heavy atom. The summed E-state index contributed by atoms with van der Waals surface area (Å²) in [5, 5.41) is 11.7. The second-order valence-electron chi connectivity index (χ2n) is 6.10. The quantitative estimate of drug-likeness (QED) is 0.776. The highest BCUT2D eigenvalue weighted by atomic mass is 19.1. The fourth-order valence-electron chi connectivity index (χ4n) is 2.21. The molecule has 1 aromatic rings. The van der Waals surface area contributed by atoms with Crippen molar-refractivity contribution in [2.45, 2.75) is 46.1 Å². The molecule has 0 spiro atoms. The summed E-state index contributed by atoms with van der Waals surface area (Å²) in [6, 6.07) is 5.42. The number of carboxylic acid groups (broad SMARTS) is 1. The second kappa shape index (κ2) is 8.51. The van der Waals surface area contributed by atoms with Gasteiger partial charge in [0.15, 0.2) is 0 Å². The summed E-state index contributed by atoms with van der Waals surface area (Å²) in [7, 11) is 0. The summed E-state index contributed by atoms with van der Waals surface area (Å²) >= 11 is 0. The Hall–Kier alpha value is -1.91. The van der Waals surface area contributed by atoms with E-state index >= 15 is 0 Å². The first kappa shape index (κ1) is 18.1. The Kier molecular flexibility index (Phi) is 7.02. The number of rotatable bonds is 8. The molecule has 0 heterocycles. The maximum atomic E-state index is 13.1. The van der Waals surface area contributed by atoms with E-state index in [1.165, 1.54) is 12.1 Å². The highest BCUT2D eigenvalue weighted by Gasteiger charge is 2.23. The van der Waals surface area contributed by atoms with Crippen LogP contribution in [0.3, 0.4) is 0 Å². The van der Waals surface area contributed by atoms with E-state index in [9.17, 15) is 14.0 Å². The van der Waals surface area contributed by atoms with E-state index in [0.717, 1.165) is 5.56 Å². The monoisotopic (exact) mass is 309 g/mol. The highest BCUT2D eigenvalue weighted by Crippen LogP contribution is 2.12. The van der Waals surface area contributed by atoms with Gasteiger partial charge < -0.3 is 10.4 Å². The van der Waals surface area contributed by atoms with Crippen LogP contribution in [0.2, 0.25) is 0 Å². The number of carboxylic acids is 1. The van der Waals surface area contributed by atoms with E-state index in [2.05, 4.69) is 5.32 Å². The van der Waals surface area contributed by atoms with Crippen LogP contribution in [0.15, 0.2) is 24.3 Å². The number of benzene rings is 1. The van der Waals surface area contributed by atoms with Gasteiger partial charge in [-0.05, 0) is 42.9 Å². The van der Waals surface area contributed by atoms with E-state index in [-0.39, 0.29) is 23.6 Å². The number of aryl methyl sites for hydroxylation is 1. The molecule has 2 unspecified atom stereocenters. The standard InChI is InChI=1S/C17H24FNO3/c1-11(2)9-15(17(21)22)19-16(20)12(3)7-8-13-5-4-6-14(18)10-13/h4-6,10-12,15H,7-9H2,1-3H3,(H,19,20)(H,21,22). The maximum Gasteiger partial charge on any atom is 0.326 e. The molecule has 0 aromatic heterocycles. The van der Waals surface area contributed by atoms with Crippen LogP contribution in [0.1, 0.15) is 39.2 Å². The lowest BCUT2D eigenvalue weighted by molar-refractivity contribution is -0.142. The second-order valence-corrected chi connectivity index (χ2v) is 6.10. The van der Waals surface area contributed by atoms with E-state index in [4.69, 9.17) is 5.11 Å². The van der Waals surface area contributed by atoms with Gasteiger partial charge in [-0.3, -0.25) is 4.79 Å².